The van der Waals surface area contributed by atoms with Crippen molar-refractivity contribution in [3.8, 4) is 0 Å². The van der Waals surface area contributed by atoms with Crippen LogP contribution < -0.4 is 10.6 Å². The number of hydrogen-bond acceptors (Lipinski definition) is 3. The van der Waals surface area contributed by atoms with Gasteiger partial charge in [0, 0.05) is 6.04 Å². The van der Waals surface area contributed by atoms with E-state index in [2.05, 4.69) is 10.6 Å². The van der Waals surface area contributed by atoms with Crippen LogP contribution in [0.5, 0.6) is 0 Å². The lowest BCUT2D eigenvalue weighted by atomic mass is 10.1. The second-order valence-electron chi connectivity index (χ2n) is 4.32. The first-order chi connectivity index (χ1) is 7.88. The van der Waals surface area contributed by atoms with Gasteiger partial charge < -0.3 is 15.7 Å². The third-order valence-electron chi connectivity index (χ3n) is 2.57. The Labute approximate surface area is 107 Å². The van der Waals surface area contributed by atoms with Gasteiger partial charge in [0.15, 0.2) is 0 Å². The van der Waals surface area contributed by atoms with Crippen LogP contribution in [0.25, 0.3) is 0 Å². The summed E-state index contributed by atoms with van der Waals surface area (Å²) in [5.74, 6) is 0.0263. The number of urea groups is 1. The van der Waals surface area contributed by atoms with Crippen molar-refractivity contribution < 1.29 is 14.7 Å². The molecule has 0 aromatic heterocycles. The molecule has 100 valence electrons. The number of nitrogens with one attached hydrogen (secondary N) is 2. The summed E-state index contributed by atoms with van der Waals surface area (Å²) in [6, 6.07) is -1.22. The molecule has 0 aromatic carbocycles. The van der Waals surface area contributed by atoms with Crippen molar-refractivity contribution in [3.63, 3.8) is 0 Å². The molecule has 0 saturated carbocycles. The predicted octanol–water partition coefficient (Wildman–Crippen LogP) is 1.54. The number of carboxylic acids is 1. The monoisotopic (exact) mass is 262 g/mol. The average molecular weight is 262 g/mol. The van der Waals surface area contributed by atoms with Crippen LogP contribution in [0.4, 0.5) is 4.79 Å². The summed E-state index contributed by atoms with van der Waals surface area (Å²) in [4.78, 5) is 22.5. The molecule has 0 bridgehead atoms. The van der Waals surface area contributed by atoms with Gasteiger partial charge in [0.1, 0.15) is 6.04 Å². The van der Waals surface area contributed by atoms with Crippen LogP contribution in [0.15, 0.2) is 0 Å². The molecule has 0 aromatic rings. The van der Waals surface area contributed by atoms with E-state index in [4.69, 9.17) is 5.11 Å². The quantitative estimate of drug-likeness (QED) is 0.650. The molecular formula is C11H22N2O3S. The molecule has 0 fully saturated rings. The summed E-state index contributed by atoms with van der Waals surface area (Å²) >= 11 is 1.56. The van der Waals surface area contributed by atoms with Gasteiger partial charge in [-0.2, -0.15) is 11.8 Å². The Morgan fingerprint density at radius 1 is 1.24 bits per heavy atom. The van der Waals surface area contributed by atoms with Gasteiger partial charge >= 0.3 is 12.0 Å². The van der Waals surface area contributed by atoms with E-state index in [0.29, 0.717) is 18.1 Å². The maximum Gasteiger partial charge on any atom is 0.326 e. The Kier molecular flexibility index (Phi) is 7.78. The van der Waals surface area contributed by atoms with Gasteiger partial charge in [-0.05, 0) is 31.3 Å². The van der Waals surface area contributed by atoms with Crippen LogP contribution in [-0.2, 0) is 4.79 Å². The van der Waals surface area contributed by atoms with Gasteiger partial charge in [-0.25, -0.2) is 9.59 Å². The van der Waals surface area contributed by atoms with E-state index in [-0.39, 0.29) is 6.04 Å². The number of aliphatic carboxylic acids is 1. The van der Waals surface area contributed by atoms with Crippen molar-refractivity contribution in [2.24, 2.45) is 5.92 Å². The standard InChI is InChI=1S/C11H22N2O3S/c1-7(2)8(3)12-11(16)13-9(10(14)15)5-6-17-4/h7-9H,5-6H2,1-4H3,(H,14,15)(H2,12,13,16). The lowest BCUT2D eigenvalue weighted by Crippen LogP contribution is -2.49. The van der Waals surface area contributed by atoms with Gasteiger partial charge in [-0.1, -0.05) is 13.8 Å². The molecule has 0 rings (SSSR count). The van der Waals surface area contributed by atoms with Gasteiger partial charge in [-0.3, -0.25) is 0 Å². The summed E-state index contributed by atoms with van der Waals surface area (Å²) in [5, 5.41) is 14.1. The third kappa shape index (κ3) is 7.10. The number of thioether (sulfide) groups is 1. The Balaban J connectivity index is 4.16. The van der Waals surface area contributed by atoms with Gasteiger partial charge in [0.05, 0.1) is 0 Å². The molecule has 0 spiro atoms. The molecule has 6 heteroatoms. The normalized spacial score (nSPS) is 14.2. The fourth-order valence-electron chi connectivity index (χ4n) is 1.07. The average Bonchev–Trinajstić information content (AvgIpc) is 2.23. The van der Waals surface area contributed by atoms with Crippen molar-refractivity contribution in [3.05, 3.63) is 0 Å². The fourth-order valence-corrected chi connectivity index (χ4v) is 1.54. The molecule has 0 heterocycles. The van der Waals surface area contributed by atoms with E-state index in [0.717, 1.165) is 0 Å². The highest BCUT2D eigenvalue weighted by atomic mass is 32.2. The topological polar surface area (TPSA) is 78.4 Å². The Bertz CT molecular complexity index is 259. The summed E-state index contributed by atoms with van der Waals surface area (Å²) in [6.45, 7) is 5.88. The minimum absolute atomic E-state index is 0.0185. The molecule has 0 aliphatic carbocycles. The van der Waals surface area contributed by atoms with Gasteiger partial charge in [-0.15, -0.1) is 0 Å². The number of amides is 2. The summed E-state index contributed by atoms with van der Waals surface area (Å²) < 4.78 is 0. The molecule has 0 radical (unpaired) electrons. The van der Waals surface area contributed by atoms with E-state index in [9.17, 15) is 9.59 Å². The second kappa shape index (κ2) is 8.22. The van der Waals surface area contributed by atoms with Crippen molar-refractivity contribution in [1.29, 1.82) is 0 Å². The Hall–Kier alpha value is -0.910. The number of carbonyl (C=O) groups is 2. The first-order valence-electron chi connectivity index (χ1n) is 5.67. The van der Waals surface area contributed by atoms with E-state index in [1.807, 2.05) is 27.0 Å². The van der Waals surface area contributed by atoms with Crippen LogP contribution in [0, 0.1) is 5.92 Å². The molecule has 0 saturated heterocycles. The van der Waals surface area contributed by atoms with E-state index >= 15 is 0 Å². The summed E-state index contributed by atoms with van der Waals surface area (Å²) in [5.41, 5.74) is 0. The largest absolute Gasteiger partial charge is 0.480 e. The SMILES string of the molecule is CSCCC(NC(=O)NC(C)C(C)C)C(=O)O. The van der Waals surface area contributed by atoms with Crippen molar-refractivity contribution in [1.82, 2.24) is 10.6 Å². The molecule has 2 unspecified atom stereocenters. The molecule has 5 nitrogen and oxygen atoms in total. The molecule has 3 N–H and O–H groups in total. The molecule has 0 aliphatic heterocycles. The molecular weight excluding hydrogens is 240 g/mol. The maximum absolute atomic E-state index is 11.5. The van der Waals surface area contributed by atoms with Crippen LogP contribution in [0.3, 0.4) is 0 Å². The molecule has 0 aliphatic rings. The van der Waals surface area contributed by atoms with Crippen LogP contribution in [0.2, 0.25) is 0 Å². The highest BCUT2D eigenvalue weighted by Crippen LogP contribution is 2.02. The van der Waals surface area contributed by atoms with E-state index < -0.39 is 18.0 Å². The smallest absolute Gasteiger partial charge is 0.326 e. The number of hydrogen-bond donors (Lipinski definition) is 3. The maximum atomic E-state index is 11.5. The Morgan fingerprint density at radius 2 is 1.82 bits per heavy atom. The van der Waals surface area contributed by atoms with Crippen LogP contribution in [0.1, 0.15) is 27.2 Å². The minimum atomic E-state index is -0.994. The zero-order valence-corrected chi connectivity index (χ0v) is 11.6. The fraction of sp³-hybridized carbons (Fsp3) is 0.818. The first-order valence-corrected chi connectivity index (χ1v) is 7.06. The number of carboxylic acid groups (broad SMARTS) is 1. The van der Waals surface area contributed by atoms with Crippen molar-refractivity contribution in [2.75, 3.05) is 12.0 Å². The molecule has 17 heavy (non-hydrogen) atoms. The second-order valence-corrected chi connectivity index (χ2v) is 5.31. The van der Waals surface area contributed by atoms with Crippen molar-refractivity contribution >= 4 is 23.8 Å². The number of rotatable bonds is 7. The molecule has 2 amide bonds. The van der Waals surface area contributed by atoms with E-state index in [1.54, 1.807) is 11.8 Å². The van der Waals surface area contributed by atoms with Crippen LogP contribution >= 0.6 is 11.8 Å². The Morgan fingerprint density at radius 3 is 2.24 bits per heavy atom. The first kappa shape index (κ1) is 16.1. The molecule has 2 atom stereocenters. The zero-order valence-electron chi connectivity index (χ0n) is 10.8. The highest BCUT2D eigenvalue weighted by molar-refractivity contribution is 7.98. The lowest BCUT2D eigenvalue weighted by Gasteiger charge is -2.20. The van der Waals surface area contributed by atoms with Gasteiger partial charge in [0.2, 0.25) is 0 Å². The lowest BCUT2D eigenvalue weighted by molar-refractivity contribution is -0.139. The predicted molar refractivity (Wildman–Crippen MR) is 70.4 cm³/mol. The third-order valence-corrected chi connectivity index (χ3v) is 3.22. The highest BCUT2D eigenvalue weighted by Gasteiger charge is 2.20. The van der Waals surface area contributed by atoms with Gasteiger partial charge in [0.25, 0.3) is 0 Å². The van der Waals surface area contributed by atoms with E-state index in [1.165, 1.54) is 0 Å². The van der Waals surface area contributed by atoms with Crippen molar-refractivity contribution in [2.45, 2.75) is 39.3 Å². The number of carbonyl (C=O) groups excluding carboxylic acids is 1. The van der Waals surface area contributed by atoms with Crippen LogP contribution in [-0.4, -0.2) is 41.2 Å². The minimum Gasteiger partial charge on any atom is -0.480 e. The zero-order chi connectivity index (χ0) is 13.4. The summed E-state index contributed by atoms with van der Waals surface area (Å²) in [7, 11) is 0. The summed E-state index contributed by atoms with van der Waals surface area (Å²) in [6.07, 6.45) is 2.33.